The summed E-state index contributed by atoms with van der Waals surface area (Å²) < 4.78 is 22.1. The minimum atomic E-state index is -1.56. The quantitative estimate of drug-likeness (QED) is 0.244. The molecule has 172 valence electrons. The van der Waals surface area contributed by atoms with E-state index in [4.69, 9.17) is 18.6 Å². The van der Waals surface area contributed by atoms with Crippen molar-refractivity contribution in [1.29, 1.82) is 0 Å². The molecule has 11 heteroatoms. The average Bonchev–Trinajstić information content (AvgIpc) is 2.74. The number of ether oxygens (including phenoxy) is 3. The predicted molar refractivity (Wildman–Crippen MR) is 106 cm³/mol. The normalized spacial score (nSPS) is 22.9. The number of hydrogen-bond acceptors (Lipinski definition) is 9. The first kappa shape index (κ1) is 23.6. The second-order valence-corrected chi connectivity index (χ2v) is 7.07. The molecule has 2 heterocycles. The summed E-state index contributed by atoms with van der Waals surface area (Å²) in [6.45, 7) is -0.269. The van der Waals surface area contributed by atoms with E-state index in [0.717, 1.165) is 6.07 Å². The van der Waals surface area contributed by atoms with Gasteiger partial charge in [-0.25, -0.2) is 4.42 Å². The first-order valence-electron chi connectivity index (χ1n) is 9.31. The Bertz CT molecular complexity index is 1120. The molecule has 3 aromatic rings. The number of aliphatic hydroxyl groups excluding tert-OH is 3. The average molecular weight is 469 g/mol. The highest BCUT2D eigenvalue weighted by Crippen LogP contribution is 2.42. The maximum Gasteiger partial charge on any atom is 0.402 e. The van der Waals surface area contributed by atoms with Crippen LogP contribution in [0, 0.1) is 0 Å². The van der Waals surface area contributed by atoms with Gasteiger partial charge in [-0.1, -0.05) is 0 Å². The minimum absolute atomic E-state index is 0. The molecule has 1 fully saturated rings. The van der Waals surface area contributed by atoms with Crippen LogP contribution in [0.4, 0.5) is 0 Å². The van der Waals surface area contributed by atoms with Crippen LogP contribution in [-0.2, 0) is 4.74 Å². The van der Waals surface area contributed by atoms with Crippen LogP contribution in [0.1, 0.15) is 0 Å². The van der Waals surface area contributed by atoms with Crippen molar-refractivity contribution in [3.05, 3.63) is 36.4 Å². The van der Waals surface area contributed by atoms with E-state index in [2.05, 4.69) is 0 Å². The molecule has 0 saturated carbocycles. The molecule has 0 amide bonds. The SMILES string of the molecule is COc1cc(-c2[o+]c3cc(O)cc(O)c3cc2O[C@@H]2OC[C@H](O)[C@H](O)[C@H]2O)ccc1O.[Cl-]. The summed E-state index contributed by atoms with van der Waals surface area (Å²) in [5.41, 5.74) is 0.535. The number of hydrogen-bond donors (Lipinski definition) is 6. The van der Waals surface area contributed by atoms with Gasteiger partial charge in [-0.2, -0.15) is 0 Å². The van der Waals surface area contributed by atoms with Crippen LogP contribution in [0.5, 0.6) is 28.7 Å². The number of benzene rings is 2. The topological polar surface area (TPSA) is 160 Å². The fourth-order valence-corrected chi connectivity index (χ4v) is 3.30. The van der Waals surface area contributed by atoms with Crippen molar-refractivity contribution in [2.45, 2.75) is 24.6 Å². The zero-order valence-electron chi connectivity index (χ0n) is 16.7. The third-order valence-corrected chi connectivity index (χ3v) is 4.96. The number of aliphatic hydroxyl groups is 3. The summed E-state index contributed by atoms with van der Waals surface area (Å²) in [7, 11) is 1.38. The van der Waals surface area contributed by atoms with Gasteiger partial charge in [-0.15, -0.1) is 0 Å². The lowest BCUT2D eigenvalue weighted by Gasteiger charge is -2.34. The van der Waals surface area contributed by atoms with Gasteiger partial charge in [0.25, 0.3) is 0 Å². The first-order chi connectivity index (χ1) is 14.8. The van der Waals surface area contributed by atoms with E-state index in [1.807, 2.05) is 0 Å². The van der Waals surface area contributed by atoms with Crippen LogP contribution in [0.2, 0.25) is 0 Å². The summed E-state index contributed by atoms with van der Waals surface area (Å²) in [4.78, 5) is 0. The van der Waals surface area contributed by atoms with Crippen molar-refractivity contribution in [3.63, 3.8) is 0 Å². The van der Waals surface area contributed by atoms with Gasteiger partial charge in [0, 0.05) is 18.2 Å². The highest BCUT2D eigenvalue weighted by Gasteiger charge is 2.40. The Morgan fingerprint density at radius 2 is 1.69 bits per heavy atom. The van der Waals surface area contributed by atoms with E-state index in [0.29, 0.717) is 5.56 Å². The lowest BCUT2D eigenvalue weighted by molar-refractivity contribution is -0.242. The molecule has 1 aliphatic heterocycles. The number of phenols is 3. The second-order valence-electron chi connectivity index (χ2n) is 7.07. The van der Waals surface area contributed by atoms with Gasteiger partial charge in [0.1, 0.15) is 35.2 Å². The van der Waals surface area contributed by atoms with Crippen LogP contribution in [-0.4, -0.2) is 69.0 Å². The summed E-state index contributed by atoms with van der Waals surface area (Å²) in [5, 5.41) is 59.9. The highest BCUT2D eigenvalue weighted by molar-refractivity contribution is 5.88. The fourth-order valence-electron chi connectivity index (χ4n) is 3.30. The number of methoxy groups -OCH3 is 1. The Morgan fingerprint density at radius 1 is 0.938 bits per heavy atom. The van der Waals surface area contributed by atoms with Gasteiger partial charge in [0.15, 0.2) is 11.5 Å². The van der Waals surface area contributed by atoms with E-state index < -0.39 is 24.6 Å². The molecule has 2 aromatic carbocycles. The Kier molecular flexibility index (Phi) is 6.82. The van der Waals surface area contributed by atoms with Gasteiger partial charge in [-0.3, -0.25) is 0 Å². The summed E-state index contributed by atoms with van der Waals surface area (Å²) in [5.74, 6) is -0.321. The minimum Gasteiger partial charge on any atom is -1.00 e. The van der Waals surface area contributed by atoms with Crippen LogP contribution >= 0.6 is 0 Å². The Morgan fingerprint density at radius 3 is 2.41 bits per heavy atom. The van der Waals surface area contributed by atoms with Crippen LogP contribution in [0.15, 0.2) is 40.8 Å². The van der Waals surface area contributed by atoms with Crippen molar-refractivity contribution in [3.8, 4) is 40.1 Å². The Hall–Kier alpha value is -3.02. The zero-order chi connectivity index (χ0) is 22.3. The molecular weight excluding hydrogens is 448 g/mol. The number of aromatic hydroxyl groups is 3. The summed E-state index contributed by atoms with van der Waals surface area (Å²) >= 11 is 0. The second kappa shape index (κ2) is 9.23. The van der Waals surface area contributed by atoms with E-state index >= 15 is 0 Å². The number of phenolic OH excluding ortho intramolecular Hbond substituents is 3. The van der Waals surface area contributed by atoms with Crippen molar-refractivity contribution < 1.29 is 61.7 Å². The molecule has 10 nitrogen and oxygen atoms in total. The molecule has 0 aliphatic carbocycles. The fraction of sp³-hybridized carbons (Fsp3) is 0.286. The molecule has 4 atom stereocenters. The number of fused-ring (bicyclic) bond motifs is 1. The smallest absolute Gasteiger partial charge is 0.402 e. The molecule has 0 spiro atoms. The molecule has 32 heavy (non-hydrogen) atoms. The molecule has 1 saturated heterocycles. The van der Waals surface area contributed by atoms with Gasteiger partial charge in [0.2, 0.25) is 12.0 Å². The molecular formula is C21H21ClO10. The maximum absolute atomic E-state index is 10.2. The lowest BCUT2D eigenvalue weighted by atomic mass is 10.1. The van der Waals surface area contributed by atoms with E-state index in [9.17, 15) is 30.6 Å². The lowest BCUT2D eigenvalue weighted by Crippen LogP contribution is -3.00. The number of rotatable bonds is 4. The van der Waals surface area contributed by atoms with Crippen molar-refractivity contribution in [2.75, 3.05) is 13.7 Å². The maximum atomic E-state index is 10.2. The largest absolute Gasteiger partial charge is 1.00 e. The Labute approximate surface area is 187 Å². The van der Waals surface area contributed by atoms with Crippen molar-refractivity contribution in [1.82, 2.24) is 0 Å². The monoisotopic (exact) mass is 468 g/mol. The van der Waals surface area contributed by atoms with E-state index in [1.165, 1.54) is 37.4 Å². The summed E-state index contributed by atoms with van der Waals surface area (Å²) in [6.07, 6.45) is -5.67. The Balaban J connectivity index is 0.00000289. The predicted octanol–water partition coefficient (Wildman–Crippen LogP) is -1.67. The first-order valence-corrected chi connectivity index (χ1v) is 9.31. The van der Waals surface area contributed by atoms with E-state index in [-0.39, 0.29) is 64.5 Å². The third-order valence-electron chi connectivity index (χ3n) is 4.96. The van der Waals surface area contributed by atoms with Crippen LogP contribution < -0.4 is 21.9 Å². The van der Waals surface area contributed by atoms with Crippen molar-refractivity contribution >= 4 is 11.0 Å². The highest BCUT2D eigenvalue weighted by atomic mass is 35.5. The van der Waals surface area contributed by atoms with Gasteiger partial charge >= 0.3 is 11.3 Å². The third kappa shape index (κ3) is 4.31. The molecule has 6 N–H and O–H groups in total. The van der Waals surface area contributed by atoms with E-state index in [1.54, 1.807) is 0 Å². The molecule has 0 bridgehead atoms. The van der Waals surface area contributed by atoms with Gasteiger partial charge in [0.05, 0.1) is 25.3 Å². The molecule has 1 aliphatic rings. The van der Waals surface area contributed by atoms with Crippen LogP contribution in [0.3, 0.4) is 0 Å². The standard InChI is InChI=1S/C21H20O10.ClH/c1-28-16-4-9(2-3-12(16)23)20-17(31-21-19(27)18(26)14(25)8-29-21)7-11-13(24)5-10(22)6-15(11)30-20;/h2-7,14,18-19,21,25-27H,8H2,1H3,(H2-,22,23,24);1H/t14-,18-,19+,21-;/m0./s1. The van der Waals surface area contributed by atoms with Crippen molar-refractivity contribution in [2.24, 2.45) is 0 Å². The summed E-state index contributed by atoms with van der Waals surface area (Å²) in [6, 6.07) is 8.21. The number of halogens is 1. The van der Waals surface area contributed by atoms with Gasteiger partial charge in [-0.05, 0) is 12.1 Å². The molecule has 1 aromatic heterocycles. The molecule has 0 unspecified atom stereocenters. The molecule has 4 rings (SSSR count). The molecule has 0 radical (unpaired) electrons. The van der Waals surface area contributed by atoms with Gasteiger partial charge < -0.3 is 57.3 Å². The van der Waals surface area contributed by atoms with Crippen LogP contribution in [0.25, 0.3) is 22.3 Å². The zero-order valence-corrected chi connectivity index (χ0v) is 17.4.